The summed E-state index contributed by atoms with van der Waals surface area (Å²) in [5.41, 5.74) is 0.805. The average Bonchev–Trinajstić information content (AvgIpc) is 2.68. The molecule has 2 aromatic rings. The maximum absolute atomic E-state index is 12.2. The molecule has 0 heterocycles. The van der Waals surface area contributed by atoms with E-state index in [2.05, 4.69) is 10.6 Å². The number of nitrogens with zero attached hydrogens (tertiary/aromatic N) is 1. The van der Waals surface area contributed by atoms with E-state index < -0.39 is 34.9 Å². The molecule has 0 saturated carbocycles. The first-order valence-electron chi connectivity index (χ1n) is 8.45. The van der Waals surface area contributed by atoms with Gasteiger partial charge < -0.3 is 20.5 Å². The number of nitro benzene ring substituents is 1. The zero-order chi connectivity index (χ0) is 21.6. The van der Waals surface area contributed by atoms with Crippen molar-refractivity contribution in [1.29, 1.82) is 0 Å². The zero-order valence-corrected chi connectivity index (χ0v) is 15.6. The molecular weight excluding hydrogens is 382 g/mol. The minimum atomic E-state index is -1.19. The fraction of sp³-hybridized carbons (Fsp3) is 0.211. The van der Waals surface area contributed by atoms with Crippen LogP contribution in [0.5, 0.6) is 0 Å². The van der Waals surface area contributed by atoms with Gasteiger partial charge in [-0.1, -0.05) is 0 Å². The number of nitrogens with one attached hydrogen (secondary N) is 2. The van der Waals surface area contributed by atoms with E-state index in [1.165, 1.54) is 62.6 Å². The normalized spacial score (nSPS) is 12.5. The predicted molar refractivity (Wildman–Crippen MR) is 103 cm³/mol. The number of non-ortho nitro benzene ring substituents is 1. The van der Waals surface area contributed by atoms with Gasteiger partial charge in [0.15, 0.2) is 6.10 Å². The summed E-state index contributed by atoms with van der Waals surface area (Å²) in [6.45, 7) is 1.51. The summed E-state index contributed by atoms with van der Waals surface area (Å²) in [5.74, 6) is -2.14. The van der Waals surface area contributed by atoms with E-state index in [9.17, 15) is 24.5 Å². The summed E-state index contributed by atoms with van der Waals surface area (Å²) < 4.78 is 4.84. The summed E-state index contributed by atoms with van der Waals surface area (Å²) in [7, 11) is 1.24. The van der Waals surface area contributed by atoms with E-state index in [0.29, 0.717) is 5.69 Å². The minimum absolute atomic E-state index is 0.121. The third kappa shape index (κ3) is 5.59. The first-order valence-corrected chi connectivity index (χ1v) is 8.45. The van der Waals surface area contributed by atoms with E-state index in [4.69, 9.17) is 9.84 Å². The molecule has 152 valence electrons. The number of nitro groups is 1. The third-order valence-corrected chi connectivity index (χ3v) is 4.06. The van der Waals surface area contributed by atoms with Gasteiger partial charge in [0.2, 0.25) is 0 Å². The van der Waals surface area contributed by atoms with Gasteiger partial charge in [0.1, 0.15) is 0 Å². The molecule has 29 heavy (non-hydrogen) atoms. The van der Waals surface area contributed by atoms with Gasteiger partial charge in [-0.15, -0.1) is 0 Å². The number of aliphatic carboxylic acids is 1. The van der Waals surface area contributed by atoms with E-state index in [1.54, 1.807) is 0 Å². The van der Waals surface area contributed by atoms with Crippen LogP contribution in [0, 0.1) is 10.1 Å². The lowest BCUT2D eigenvalue weighted by Gasteiger charge is -2.20. The maximum atomic E-state index is 12.2. The first-order chi connectivity index (χ1) is 13.7. The van der Waals surface area contributed by atoms with E-state index in [-0.39, 0.29) is 16.8 Å². The summed E-state index contributed by atoms with van der Waals surface area (Å²) in [4.78, 5) is 45.6. The molecular formula is C19H19N3O7. The molecule has 0 aromatic heterocycles. The highest BCUT2D eigenvalue weighted by Crippen LogP contribution is 2.15. The molecule has 10 heteroatoms. The van der Waals surface area contributed by atoms with Crippen LogP contribution in [-0.4, -0.2) is 47.1 Å². The standard InChI is InChI=1S/C19H19N3O7/c1-11(16(29-2)19(25)26)20-17(23)12-3-7-14(8-4-12)21-18(24)13-5-9-15(10-6-13)22(27)28/h3-11,16H,1-2H3,(H,20,23)(H,21,24)(H,25,26)/t11-,16+/m1/s1. The highest BCUT2D eigenvalue weighted by atomic mass is 16.6. The first kappa shape index (κ1) is 21.5. The van der Waals surface area contributed by atoms with Gasteiger partial charge in [-0.3, -0.25) is 19.7 Å². The van der Waals surface area contributed by atoms with Crippen molar-refractivity contribution in [2.45, 2.75) is 19.1 Å². The molecule has 3 N–H and O–H groups in total. The number of carboxylic acid groups (broad SMARTS) is 1. The Morgan fingerprint density at radius 3 is 2.00 bits per heavy atom. The van der Waals surface area contributed by atoms with Gasteiger partial charge in [-0.05, 0) is 43.3 Å². The molecule has 0 aliphatic carbocycles. The van der Waals surface area contributed by atoms with E-state index in [1.807, 2.05) is 0 Å². The van der Waals surface area contributed by atoms with Gasteiger partial charge in [0, 0.05) is 36.1 Å². The number of carbonyl (C=O) groups excluding carboxylic acids is 2. The fourth-order valence-corrected chi connectivity index (χ4v) is 2.53. The SMILES string of the molecule is CO[C@H](C(=O)O)[C@@H](C)NC(=O)c1ccc(NC(=O)c2ccc([N+](=O)[O-])cc2)cc1. The van der Waals surface area contributed by atoms with Crippen molar-refractivity contribution in [2.75, 3.05) is 12.4 Å². The number of benzene rings is 2. The van der Waals surface area contributed by atoms with Gasteiger partial charge in [-0.2, -0.15) is 0 Å². The highest BCUT2D eigenvalue weighted by Gasteiger charge is 2.25. The number of hydrogen-bond donors (Lipinski definition) is 3. The highest BCUT2D eigenvalue weighted by molar-refractivity contribution is 6.04. The zero-order valence-electron chi connectivity index (χ0n) is 15.6. The molecule has 0 fully saturated rings. The quantitative estimate of drug-likeness (QED) is 0.453. The summed E-state index contributed by atoms with van der Waals surface area (Å²) >= 11 is 0. The van der Waals surface area contributed by atoms with Gasteiger partial charge in [0.05, 0.1) is 11.0 Å². The number of anilines is 1. The second kappa shape index (κ2) is 9.42. The van der Waals surface area contributed by atoms with Crippen LogP contribution in [-0.2, 0) is 9.53 Å². The smallest absolute Gasteiger partial charge is 0.334 e. The third-order valence-electron chi connectivity index (χ3n) is 4.06. The molecule has 0 bridgehead atoms. The molecule has 2 amide bonds. The van der Waals surface area contributed by atoms with Crippen molar-refractivity contribution in [3.63, 3.8) is 0 Å². The lowest BCUT2D eigenvalue weighted by molar-refractivity contribution is -0.384. The number of hydrogen-bond acceptors (Lipinski definition) is 6. The Hall–Kier alpha value is -3.79. The van der Waals surface area contributed by atoms with Crippen molar-refractivity contribution < 1.29 is 29.2 Å². The van der Waals surface area contributed by atoms with Crippen LogP contribution in [0.2, 0.25) is 0 Å². The lowest BCUT2D eigenvalue weighted by Crippen LogP contribution is -2.45. The van der Waals surface area contributed by atoms with E-state index in [0.717, 1.165) is 0 Å². The Bertz CT molecular complexity index is 910. The minimum Gasteiger partial charge on any atom is -0.479 e. The number of carbonyl (C=O) groups is 3. The predicted octanol–water partition coefficient (Wildman–Crippen LogP) is 2.06. The van der Waals surface area contributed by atoms with Crippen molar-refractivity contribution in [3.05, 3.63) is 69.8 Å². The molecule has 0 aliphatic rings. The summed E-state index contributed by atoms with van der Waals surface area (Å²) in [5, 5.41) is 24.8. The molecule has 2 aromatic carbocycles. The molecule has 0 spiro atoms. The van der Waals surface area contributed by atoms with Crippen molar-refractivity contribution >= 4 is 29.2 Å². The van der Waals surface area contributed by atoms with Crippen LogP contribution in [0.3, 0.4) is 0 Å². The number of ether oxygens (including phenoxy) is 1. The Morgan fingerprint density at radius 1 is 1.00 bits per heavy atom. The molecule has 0 saturated heterocycles. The van der Waals surface area contributed by atoms with Crippen molar-refractivity contribution in [1.82, 2.24) is 5.32 Å². The van der Waals surface area contributed by atoms with Crippen LogP contribution in [0.4, 0.5) is 11.4 Å². The molecule has 2 atom stereocenters. The monoisotopic (exact) mass is 401 g/mol. The molecule has 0 unspecified atom stereocenters. The second-order valence-electron chi connectivity index (χ2n) is 6.09. The molecule has 0 aliphatic heterocycles. The Balaban J connectivity index is 2.00. The average molecular weight is 401 g/mol. The molecule has 2 rings (SSSR count). The van der Waals surface area contributed by atoms with E-state index >= 15 is 0 Å². The van der Waals surface area contributed by atoms with Crippen LogP contribution in [0.15, 0.2) is 48.5 Å². The number of rotatable bonds is 8. The Labute approximate surface area is 165 Å². The maximum Gasteiger partial charge on any atom is 0.334 e. The number of carboxylic acids is 1. The molecule has 10 nitrogen and oxygen atoms in total. The largest absolute Gasteiger partial charge is 0.479 e. The topological polar surface area (TPSA) is 148 Å². The number of methoxy groups -OCH3 is 1. The van der Waals surface area contributed by atoms with Gasteiger partial charge in [0.25, 0.3) is 17.5 Å². The van der Waals surface area contributed by atoms with Gasteiger partial charge in [-0.25, -0.2) is 4.79 Å². The van der Waals surface area contributed by atoms with Crippen LogP contribution < -0.4 is 10.6 Å². The van der Waals surface area contributed by atoms with Crippen LogP contribution in [0.1, 0.15) is 27.6 Å². The summed E-state index contributed by atoms with van der Waals surface area (Å²) in [6.07, 6.45) is -1.18. The van der Waals surface area contributed by atoms with Crippen molar-refractivity contribution in [2.24, 2.45) is 0 Å². The fourth-order valence-electron chi connectivity index (χ4n) is 2.53. The Morgan fingerprint density at radius 2 is 1.52 bits per heavy atom. The number of amides is 2. The van der Waals surface area contributed by atoms with Crippen LogP contribution in [0.25, 0.3) is 0 Å². The van der Waals surface area contributed by atoms with Crippen molar-refractivity contribution in [3.8, 4) is 0 Å². The summed E-state index contributed by atoms with van der Waals surface area (Å²) in [6, 6.07) is 10.3. The van der Waals surface area contributed by atoms with Gasteiger partial charge >= 0.3 is 5.97 Å². The van der Waals surface area contributed by atoms with Crippen LogP contribution >= 0.6 is 0 Å². The lowest BCUT2D eigenvalue weighted by atomic mass is 10.1. The Kier molecular flexibility index (Phi) is 6.99. The molecule has 0 radical (unpaired) electrons. The second-order valence-corrected chi connectivity index (χ2v) is 6.09.